The summed E-state index contributed by atoms with van der Waals surface area (Å²) >= 11 is 5.75. The molecule has 0 aliphatic carbocycles. The van der Waals surface area contributed by atoms with Crippen LogP contribution in [0, 0.1) is 23.5 Å². The van der Waals surface area contributed by atoms with E-state index in [0.29, 0.717) is 23.8 Å². The van der Waals surface area contributed by atoms with E-state index in [4.69, 9.17) is 11.6 Å². The molecule has 3 rings (SSSR count). The van der Waals surface area contributed by atoms with Crippen LogP contribution >= 0.6 is 11.6 Å². The molecule has 12 heteroatoms. The Morgan fingerprint density at radius 2 is 1.56 bits per heavy atom. The maximum absolute atomic E-state index is 14.7. The molecule has 1 atom stereocenters. The maximum atomic E-state index is 14.7. The molecule has 0 heterocycles. The highest BCUT2D eigenvalue weighted by molar-refractivity contribution is 6.17. The van der Waals surface area contributed by atoms with Crippen LogP contribution in [0.25, 0.3) is 0 Å². The van der Waals surface area contributed by atoms with Gasteiger partial charge in [0, 0.05) is 17.5 Å². The van der Waals surface area contributed by atoms with Gasteiger partial charge in [0.05, 0.1) is 5.56 Å². The standard InChI is InChI=1S/C27H19ClF9NO/c28-11-4-12-38-25(10-9-17-5-2-1-3-6-17,18-7-8-23(30)22(15-18)26(33,34)35)19-13-20(29)16-21(14-19)39-27(36,37)24(31)32/h1-3,5-8,13-16,24,38H,4,11-12H2/t25-/m1/s1. The van der Waals surface area contributed by atoms with E-state index in [2.05, 4.69) is 21.9 Å². The normalized spacial score (nSPS) is 13.5. The van der Waals surface area contributed by atoms with Gasteiger partial charge in [-0.1, -0.05) is 36.1 Å². The summed E-state index contributed by atoms with van der Waals surface area (Å²) in [6.07, 6.45) is -14.2. The lowest BCUT2D eigenvalue weighted by atomic mass is 9.81. The minimum atomic E-state index is -5.13. The second-order valence-electron chi connectivity index (χ2n) is 8.17. The summed E-state index contributed by atoms with van der Waals surface area (Å²) in [5, 5.41) is 2.87. The molecule has 0 radical (unpaired) electrons. The molecular weight excluding hydrogens is 561 g/mol. The molecule has 39 heavy (non-hydrogen) atoms. The topological polar surface area (TPSA) is 21.3 Å². The minimum Gasteiger partial charge on any atom is -0.428 e. The molecule has 0 unspecified atom stereocenters. The highest BCUT2D eigenvalue weighted by atomic mass is 35.5. The molecule has 208 valence electrons. The molecule has 0 fully saturated rings. The Kier molecular flexibility index (Phi) is 9.46. The molecule has 0 bridgehead atoms. The van der Waals surface area contributed by atoms with E-state index in [1.54, 1.807) is 30.3 Å². The van der Waals surface area contributed by atoms with Gasteiger partial charge in [0.15, 0.2) is 0 Å². The Labute approximate surface area is 222 Å². The van der Waals surface area contributed by atoms with Gasteiger partial charge in [-0.15, -0.1) is 11.6 Å². The third-order valence-corrected chi connectivity index (χ3v) is 5.65. The molecular formula is C27H19ClF9NO. The van der Waals surface area contributed by atoms with Crippen LogP contribution in [-0.4, -0.2) is 25.0 Å². The summed E-state index contributed by atoms with van der Waals surface area (Å²) in [4.78, 5) is 0. The molecule has 0 aliphatic heterocycles. The summed E-state index contributed by atoms with van der Waals surface area (Å²) in [6.45, 7) is -0.0361. The number of nitrogens with one attached hydrogen (secondary N) is 1. The van der Waals surface area contributed by atoms with Crippen molar-refractivity contribution in [3.8, 4) is 17.6 Å². The van der Waals surface area contributed by atoms with Crippen LogP contribution in [0.15, 0.2) is 66.7 Å². The monoisotopic (exact) mass is 579 g/mol. The molecule has 0 aliphatic rings. The second-order valence-corrected chi connectivity index (χ2v) is 8.55. The molecule has 0 saturated heterocycles. The zero-order chi connectivity index (χ0) is 28.8. The SMILES string of the molecule is Fc1cc(OC(F)(F)C(F)F)cc([C@](C#Cc2ccccc2)(NCCCCl)c2ccc(F)c(C(F)(F)F)c2)c1. The third-order valence-electron chi connectivity index (χ3n) is 5.39. The third kappa shape index (κ3) is 7.40. The lowest BCUT2D eigenvalue weighted by Gasteiger charge is -2.32. The predicted molar refractivity (Wildman–Crippen MR) is 127 cm³/mol. The fourth-order valence-corrected chi connectivity index (χ4v) is 3.74. The number of alkyl halides is 8. The largest absolute Gasteiger partial charge is 0.461 e. The van der Waals surface area contributed by atoms with Crippen molar-refractivity contribution in [3.63, 3.8) is 0 Å². The Hall–Kier alpha value is -3.36. The highest BCUT2D eigenvalue weighted by Gasteiger charge is 2.45. The first-order valence-electron chi connectivity index (χ1n) is 11.2. The number of rotatable bonds is 9. The number of hydrogen-bond acceptors (Lipinski definition) is 2. The smallest absolute Gasteiger partial charge is 0.428 e. The minimum absolute atomic E-state index is 0.0361. The van der Waals surface area contributed by atoms with Crippen molar-refractivity contribution < 1.29 is 44.3 Å². The average molecular weight is 580 g/mol. The van der Waals surface area contributed by atoms with Crippen LogP contribution < -0.4 is 10.1 Å². The maximum Gasteiger partial charge on any atom is 0.461 e. The first kappa shape index (κ1) is 30.2. The Morgan fingerprint density at radius 1 is 0.872 bits per heavy atom. The van der Waals surface area contributed by atoms with Crippen molar-refractivity contribution in [3.05, 3.63) is 101 Å². The predicted octanol–water partition coefficient (Wildman–Crippen LogP) is 7.73. The zero-order valence-electron chi connectivity index (χ0n) is 19.7. The number of benzene rings is 3. The van der Waals surface area contributed by atoms with Gasteiger partial charge in [0.25, 0.3) is 0 Å². The van der Waals surface area contributed by atoms with Crippen LogP contribution in [0.4, 0.5) is 39.5 Å². The molecule has 0 amide bonds. The van der Waals surface area contributed by atoms with Gasteiger partial charge in [-0.05, 0) is 60.5 Å². The molecule has 0 saturated carbocycles. The van der Waals surface area contributed by atoms with Gasteiger partial charge in [0.2, 0.25) is 0 Å². The number of hydrogen-bond donors (Lipinski definition) is 1. The fraction of sp³-hybridized carbons (Fsp3) is 0.259. The highest BCUT2D eigenvalue weighted by Crippen LogP contribution is 2.39. The molecule has 2 nitrogen and oxygen atoms in total. The van der Waals surface area contributed by atoms with E-state index in [-0.39, 0.29) is 30.0 Å². The first-order chi connectivity index (χ1) is 18.3. The van der Waals surface area contributed by atoms with Gasteiger partial charge < -0.3 is 4.74 Å². The Bertz CT molecular complexity index is 1340. The Balaban J connectivity index is 2.34. The van der Waals surface area contributed by atoms with Gasteiger partial charge in [0.1, 0.15) is 22.9 Å². The fourth-order valence-electron chi connectivity index (χ4n) is 3.61. The first-order valence-corrected chi connectivity index (χ1v) is 11.7. The average Bonchev–Trinajstić information content (AvgIpc) is 2.86. The lowest BCUT2D eigenvalue weighted by molar-refractivity contribution is -0.253. The van der Waals surface area contributed by atoms with Crippen molar-refractivity contribution in [2.45, 2.75) is 30.7 Å². The van der Waals surface area contributed by atoms with Gasteiger partial charge in [-0.25, -0.2) is 8.78 Å². The van der Waals surface area contributed by atoms with Gasteiger partial charge in [-0.2, -0.15) is 30.7 Å². The van der Waals surface area contributed by atoms with E-state index in [1.165, 1.54) is 0 Å². The van der Waals surface area contributed by atoms with E-state index >= 15 is 0 Å². The molecule has 0 aromatic heterocycles. The lowest BCUT2D eigenvalue weighted by Crippen LogP contribution is -2.43. The van der Waals surface area contributed by atoms with Crippen LogP contribution in [0.3, 0.4) is 0 Å². The molecule has 0 spiro atoms. The van der Waals surface area contributed by atoms with Crippen molar-refractivity contribution in [1.82, 2.24) is 5.32 Å². The molecule has 3 aromatic rings. The van der Waals surface area contributed by atoms with E-state index in [1.807, 2.05) is 0 Å². The summed E-state index contributed by atoms with van der Waals surface area (Å²) in [5.41, 5.74) is -4.11. The van der Waals surface area contributed by atoms with Gasteiger partial charge >= 0.3 is 18.7 Å². The summed E-state index contributed by atoms with van der Waals surface area (Å²) in [7, 11) is 0. The van der Waals surface area contributed by atoms with E-state index < -0.39 is 47.2 Å². The van der Waals surface area contributed by atoms with Crippen LogP contribution in [0.2, 0.25) is 0 Å². The molecule has 1 N–H and O–H groups in total. The number of halogens is 10. The van der Waals surface area contributed by atoms with Crippen molar-refractivity contribution in [2.75, 3.05) is 12.4 Å². The van der Waals surface area contributed by atoms with Crippen molar-refractivity contribution >= 4 is 11.6 Å². The van der Waals surface area contributed by atoms with Crippen LogP contribution in [-0.2, 0) is 11.7 Å². The van der Waals surface area contributed by atoms with Crippen molar-refractivity contribution in [2.24, 2.45) is 0 Å². The summed E-state index contributed by atoms with van der Waals surface area (Å²) in [5.74, 6) is 1.67. The summed E-state index contributed by atoms with van der Waals surface area (Å²) < 4.78 is 127. The molecule has 3 aromatic carbocycles. The second kappa shape index (κ2) is 12.2. The van der Waals surface area contributed by atoms with Crippen LogP contribution in [0.1, 0.15) is 28.7 Å². The zero-order valence-corrected chi connectivity index (χ0v) is 20.5. The quantitative estimate of drug-likeness (QED) is 0.121. The van der Waals surface area contributed by atoms with Gasteiger partial charge in [-0.3, -0.25) is 5.32 Å². The number of ether oxygens (including phenoxy) is 1. The summed E-state index contributed by atoms with van der Waals surface area (Å²) in [6, 6.07) is 11.9. The Morgan fingerprint density at radius 3 is 2.18 bits per heavy atom. The van der Waals surface area contributed by atoms with E-state index in [9.17, 15) is 39.5 Å². The van der Waals surface area contributed by atoms with E-state index in [0.717, 1.165) is 18.2 Å². The van der Waals surface area contributed by atoms with Crippen molar-refractivity contribution in [1.29, 1.82) is 0 Å². The van der Waals surface area contributed by atoms with Crippen LogP contribution in [0.5, 0.6) is 5.75 Å².